The number of carbonyl (C=O) groups excluding carboxylic acids is 1. The van der Waals surface area contributed by atoms with Crippen LogP contribution < -0.4 is 9.88 Å². The molecule has 0 unspecified atom stereocenters. The van der Waals surface area contributed by atoms with Crippen molar-refractivity contribution >= 4 is 22.8 Å². The first-order chi connectivity index (χ1) is 13.0. The Morgan fingerprint density at radius 2 is 1.85 bits per heavy atom. The normalized spacial score (nSPS) is 15.4. The van der Waals surface area contributed by atoms with Crippen molar-refractivity contribution in [3.8, 4) is 0 Å². The Bertz CT molecular complexity index is 818. The molecule has 0 fully saturated rings. The van der Waals surface area contributed by atoms with Crippen LogP contribution in [0.3, 0.4) is 0 Å². The first kappa shape index (κ1) is 19.8. The highest BCUT2D eigenvalue weighted by atomic mass is 16.5. The number of fused-ring (bicyclic) bond motifs is 2. The maximum Gasteiger partial charge on any atom is 0.393 e. The van der Waals surface area contributed by atoms with Gasteiger partial charge in [0.15, 0.2) is 17.9 Å². The van der Waals surface area contributed by atoms with Crippen molar-refractivity contribution in [3.05, 3.63) is 34.3 Å². The summed E-state index contributed by atoms with van der Waals surface area (Å²) in [6, 6.07) is 2.26. The van der Waals surface area contributed by atoms with E-state index in [1.54, 1.807) is 0 Å². The summed E-state index contributed by atoms with van der Waals surface area (Å²) < 4.78 is 7.77. The second-order valence-electron chi connectivity index (χ2n) is 7.87. The van der Waals surface area contributed by atoms with E-state index in [4.69, 9.17) is 4.74 Å². The Hall–Kier alpha value is -1.94. The number of hydrogen-bond donors (Lipinski definition) is 1. The molecule has 146 valence electrons. The Morgan fingerprint density at radius 1 is 1.11 bits per heavy atom. The van der Waals surface area contributed by atoms with E-state index in [9.17, 15) is 4.79 Å². The van der Waals surface area contributed by atoms with Gasteiger partial charge in [0, 0.05) is 23.1 Å². The van der Waals surface area contributed by atoms with Gasteiger partial charge in [0.2, 0.25) is 11.4 Å². The second-order valence-corrected chi connectivity index (χ2v) is 7.87. The number of carbonyl (C=O) groups is 1. The smallest absolute Gasteiger partial charge is 0.393 e. The quantitative estimate of drug-likeness (QED) is 0.430. The molecule has 0 amide bonds. The highest BCUT2D eigenvalue weighted by Gasteiger charge is 2.39. The molecule has 0 bridgehead atoms. The maximum atomic E-state index is 12.4. The van der Waals surface area contributed by atoms with Crippen LogP contribution in [0.5, 0.6) is 0 Å². The number of quaternary nitrogens is 1. The lowest BCUT2D eigenvalue weighted by atomic mass is 9.98. The molecule has 3 rings (SSSR count). The van der Waals surface area contributed by atoms with Gasteiger partial charge >= 0.3 is 5.97 Å². The number of nitrogens with zero attached hydrogens (tertiary/aromatic N) is 1. The van der Waals surface area contributed by atoms with Crippen molar-refractivity contribution in [3.63, 3.8) is 0 Å². The van der Waals surface area contributed by atoms with Gasteiger partial charge in [-0.2, -0.15) is 4.57 Å². The van der Waals surface area contributed by atoms with Crippen molar-refractivity contribution < 1.29 is 19.4 Å². The predicted octanol–water partition coefficient (Wildman–Crippen LogP) is 3.80. The highest BCUT2D eigenvalue weighted by Crippen LogP contribution is 2.34. The Labute approximate surface area is 163 Å². The molecule has 4 heteroatoms. The van der Waals surface area contributed by atoms with Crippen LogP contribution in [0.4, 0.5) is 5.69 Å². The average Bonchev–Trinajstić information content (AvgIpc) is 3.12. The molecule has 0 aromatic carbocycles. The molecule has 3 heterocycles. The van der Waals surface area contributed by atoms with Gasteiger partial charge in [-0.3, -0.25) is 5.32 Å². The van der Waals surface area contributed by atoms with E-state index in [1.165, 1.54) is 65.9 Å². The monoisotopic (exact) mass is 370 g/mol. The molecule has 2 aliphatic heterocycles. The van der Waals surface area contributed by atoms with Crippen molar-refractivity contribution in [1.82, 2.24) is 0 Å². The van der Waals surface area contributed by atoms with Crippen molar-refractivity contribution in [2.24, 2.45) is 0 Å². The van der Waals surface area contributed by atoms with Crippen LogP contribution in [0.25, 0.3) is 11.1 Å². The number of hydrogen-bond acceptors (Lipinski definition) is 2. The molecule has 0 radical (unpaired) electrons. The topological polar surface area (TPSA) is 46.8 Å². The summed E-state index contributed by atoms with van der Waals surface area (Å²) >= 11 is 0. The van der Waals surface area contributed by atoms with Gasteiger partial charge in [-0.05, 0) is 34.1 Å². The molecule has 0 aliphatic carbocycles. The van der Waals surface area contributed by atoms with Crippen molar-refractivity contribution in [2.45, 2.75) is 79.7 Å². The molecule has 1 aromatic rings. The average molecular weight is 371 g/mol. The zero-order valence-electron chi connectivity index (χ0n) is 17.6. The SMILES string of the molecule is CCCCCCCc1c2c(cc3[n+]1CC(C)=C3C)[NH2+]C(C(=O)OCC)=C2C. The maximum absolute atomic E-state index is 12.4. The number of aromatic nitrogens is 1. The molecular formula is C23H34N2O2+2. The summed E-state index contributed by atoms with van der Waals surface area (Å²) in [7, 11) is 0. The minimum absolute atomic E-state index is 0.200. The lowest BCUT2D eigenvalue weighted by Gasteiger charge is -2.08. The molecule has 0 atom stereocenters. The van der Waals surface area contributed by atoms with E-state index in [-0.39, 0.29) is 5.97 Å². The fourth-order valence-corrected chi connectivity index (χ4v) is 4.33. The van der Waals surface area contributed by atoms with Crippen LogP contribution in [0.1, 0.15) is 83.7 Å². The third kappa shape index (κ3) is 3.73. The fourth-order valence-electron chi connectivity index (χ4n) is 4.33. The van der Waals surface area contributed by atoms with Gasteiger partial charge in [0.1, 0.15) is 5.56 Å². The molecule has 1 aromatic heterocycles. The van der Waals surface area contributed by atoms with E-state index in [2.05, 4.69) is 38.3 Å². The number of nitrogens with two attached hydrogens (primary N) is 1. The summed E-state index contributed by atoms with van der Waals surface area (Å²) in [5.74, 6) is -0.200. The molecular weight excluding hydrogens is 336 g/mol. The first-order valence-corrected chi connectivity index (χ1v) is 10.5. The van der Waals surface area contributed by atoms with Crippen molar-refractivity contribution in [2.75, 3.05) is 6.61 Å². The number of unbranched alkanes of at least 4 members (excludes halogenated alkanes) is 4. The Morgan fingerprint density at radius 3 is 2.56 bits per heavy atom. The summed E-state index contributed by atoms with van der Waals surface area (Å²) in [5.41, 5.74) is 9.76. The summed E-state index contributed by atoms with van der Waals surface area (Å²) in [4.78, 5) is 12.4. The number of allylic oxidation sites excluding steroid dienone is 3. The lowest BCUT2D eigenvalue weighted by molar-refractivity contribution is -0.694. The summed E-state index contributed by atoms with van der Waals surface area (Å²) in [6.45, 7) is 12.0. The van der Waals surface area contributed by atoms with E-state index >= 15 is 0 Å². The first-order valence-electron chi connectivity index (χ1n) is 10.5. The third-order valence-electron chi connectivity index (χ3n) is 6.00. The van der Waals surface area contributed by atoms with Crippen LogP contribution in [0.2, 0.25) is 0 Å². The van der Waals surface area contributed by atoms with Crippen LogP contribution in [-0.2, 0) is 22.5 Å². The molecule has 0 saturated heterocycles. The highest BCUT2D eigenvalue weighted by molar-refractivity contribution is 5.98. The largest absolute Gasteiger partial charge is 0.459 e. The van der Waals surface area contributed by atoms with Crippen molar-refractivity contribution in [1.29, 1.82) is 0 Å². The lowest BCUT2D eigenvalue weighted by Crippen LogP contribution is -2.76. The summed E-state index contributed by atoms with van der Waals surface area (Å²) in [6.07, 6.45) is 7.45. The molecule has 2 aliphatic rings. The molecule has 0 spiro atoms. The standard InChI is InChI=1S/C23H32N2O2/c1-6-8-9-10-11-12-19-21-17(5)22(23(26)27-7-2)24-18(21)13-20-16(4)15(3)14-25(19)20/h13H,6-12,14H2,1-5H3/p+2. The number of rotatable bonds is 8. The number of pyridine rings is 1. The summed E-state index contributed by atoms with van der Waals surface area (Å²) in [5, 5.41) is 2.03. The zero-order valence-corrected chi connectivity index (χ0v) is 17.6. The molecule has 4 nitrogen and oxygen atoms in total. The molecule has 27 heavy (non-hydrogen) atoms. The second kappa shape index (κ2) is 8.39. The van der Waals surface area contributed by atoms with Crippen LogP contribution >= 0.6 is 0 Å². The van der Waals surface area contributed by atoms with Gasteiger partial charge in [-0.1, -0.05) is 32.6 Å². The molecule has 2 N–H and O–H groups in total. The van der Waals surface area contributed by atoms with Gasteiger partial charge in [-0.15, -0.1) is 0 Å². The van der Waals surface area contributed by atoms with Crippen LogP contribution in [-0.4, -0.2) is 12.6 Å². The van der Waals surface area contributed by atoms with E-state index in [0.717, 1.165) is 24.2 Å². The number of esters is 1. The third-order valence-corrected chi connectivity index (χ3v) is 6.00. The van der Waals surface area contributed by atoms with Gasteiger partial charge in [-0.25, -0.2) is 4.79 Å². The Kier molecular flexibility index (Phi) is 6.15. The zero-order chi connectivity index (χ0) is 19.6. The Balaban J connectivity index is 1.96. The predicted molar refractivity (Wildman–Crippen MR) is 108 cm³/mol. The van der Waals surface area contributed by atoms with E-state index < -0.39 is 0 Å². The minimum Gasteiger partial charge on any atom is -0.459 e. The van der Waals surface area contributed by atoms with Gasteiger partial charge in [0.05, 0.1) is 12.7 Å². The van der Waals surface area contributed by atoms with E-state index in [1.807, 2.05) is 12.2 Å². The minimum atomic E-state index is -0.200. The van der Waals surface area contributed by atoms with E-state index in [0.29, 0.717) is 6.61 Å². The fraction of sp³-hybridized carbons (Fsp3) is 0.565. The van der Waals surface area contributed by atoms with Gasteiger partial charge < -0.3 is 4.74 Å². The van der Waals surface area contributed by atoms with Crippen LogP contribution in [0, 0.1) is 0 Å². The van der Waals surface area contributed by atoms with Crippen LogP contribution in [0.15, 0.2) is 17.3 Å². The molecule has 0 saturated carbocycles. The number of ether oxygens (including phenoxy) is 1. The van der Waals surface area contributed by atoms with Gasteiger partial charge in [0.25, 0.3) is 0 Å².